The summed E-state index contributed by atoms with van der Waals surface area (Å²) in [6.07, 6.45) is -0.721. The molecule has 1 unspecified atom stereocenters. The van der Waals surface area contributed by atoms with Gasteiger partial charge in [-0.25, -0.2) is 0 Å². The van der Waals surface area contributed by atoms with E-state index in [9.17, 15) is 4.79 Å². The van der Waals surface area contributed by atoms with E-state index in [1.165, 1.54) is 4.90 Å². The second kappa shape index (κ2) is 8.41. The highest BCUT2D eigenvalue weighted by Gasteiger charge is 2.22. The van der Waals surface area contributed by atoms with Gasteiger partial charge in [0.2, 0.25) is 11.7 Å². The number of halogens is 2. The fourth-order valence-corrected chi connectivity index (χ4v) is 2.84. The van der Waals surface area contributed by atoms with Gasteiger partial charge in [-0.15, -0.1) is 0 Å². The average molecular weight is 406 g/mol. The molecule has 0 aliphatic rings. The lowest BCUT2D eigenvalue weighted by Gasteiger charge is -2.21. The molecule has 0 bridgehead atoms. The van der Waals surface area contributed by atoms with Crippen molar-refractivity contribution in [3.8, 4) is 17.1 Å². The molecule has 0 fully saturated rings. The predicted molar refractivity (Wildman–Crippen MR) is 103 cm³/mol. The maximum Gasteiger partial charge on any atom is 0.263 e. The van der Waals surface area contributed by atoms with Crippen LogP contribution in [-0.4, -0.2) is 34.1 Å². The summed E-state index contributed by atoms with van der Waals surface area (Å²) >= 11 is 12.2. The van der Waals surface area contributed by atoms with Crippen LogP contribution in [0.4, 0.5) is 0 Å². The van der Waals surface area contributed by atoms with Gasteiger partial charge in [0.25, 0.3) is 5.91 Å². The van der Waals surface area contributed by atoms with Crippen LogP contribution < -0.4 is 4.74 Å². The maximum atomic E-state index is 12.5. The Morgan fingerprint density at radius 3 is 2.52 bits per heavy atom. The van der Waals surface area contributed by atoms with Crippen molar-refractivity contribution < 1.29 is 14.1 Å². The number of likely N-dealkylation sites (N-methyl/N-ethyl adjacent to an activating group) is 1. The van der Waals surface area contributed by atoms with Crippen LogP contribution in [0.25, 0.3) is 11.4 Å². The van der Waals surface area contributed by atoms with Gasteiger partial charge < -0.3 is 14.2 Å². The lowest BCUT2D eigenvalue weighted by molar-refractivity contribution is -0.137. The van der Waals surface area contributed by atoms with Crippen molar-refractivity contribution in [2.24, 2.45) is 0 Å². The number of para-hydroxylation sites is 1. The molecular formula is C19H17Cl2N3O3. The third kappa shape index (κ3) is 4.59. The Morgan fingerprint density at radius 2 is 1.81 bits per heavy atom. The first kappa shape index (κ1) is 19.2. The van der Waals surface area contributed by atoms with E-state index in [0.717, 1.165) is 0 Å². The molecule has 0 saturated carbocycles. The standard InChI is InChI=1S/C19H17Cl2N3O3/c1-12(26-16-10-6-5-9-15(16)21)19(25)24(2)11-17-22-18(23-27-17)13-7-3-4-8-14(13)20/h3-10,12H,11H2,1-2H3. The van der Waals surface area contributed by atoms with E-state index in [1.807, 2.05) is 12.1 Å². The van der Waals surface area contributed by atoms with E-state index in [-0.39, 0.29) is 12.5 Å². The van der Waals surface area contributed by atoms with Crippen molar-refractivity contribution in [2.45, 2.75) is 19.6 Å². The van der Waals surface area contributed by atoms with Gasteiger partial charge in [0, 0.05) is 12.6 Å². The normalized spacial score (nSPS) is 11.9. The van der Waals surface area contributed by atoms with E-state index >= 15 is 0 Å². The highest BCUT2D eigenvalue weighted by Crippen LogP contribution is 2.26. The second-order valence-electron chi connectivity index (χ2n) is 5.88. The number of ether oxygens (including phenoxy) is 1. The van der Waals surface area contributed by atoms with Crippen LogP contribution in [0.15, 0.2) is 53.1 Å². The molecule has 0 saturated heterocycles. The quantitative estimate of drug-likeness (QED) is 0.604. The zero-order chi connectivity index (χ0) is 19.4. The molecular weight excluding hydrogens is 389 g/mol. The molecule has 0 radical (unpaired) electrons. The number of aromatic nitrogens is 2. The van der Waals surface area contributed by atoms with Gasteiger partial charge in [0.05, 0.1) is 16.6 Å². The fourth-order valence-electron chi connectivity index (χ4n) is 2.44. The third-order valence-electron chi connectivity index (χ3n) is 3.82. The minimum atomic E-state index is -0.721. The van der Waals surface area contributed by atoms with Crippen molar-refractivity contribution in [2.75, 3.05) is 7.05 Å². The third-order valence-corrected chi connectivity index (χ3v) is 4.46. The van der Waals surface area contributed by atoms with Crippen LogP contribution in [0.1, 0.15) is 12.8 Å². The van der Waals surface area contributed by atoms with Crippen molar-refractivity contribution >= 4 is 29.1 Å². The Kier molecular flexibility index (Phi) is 5.98. The van der Waals surface area contributed by atoms with E-state index in [0.29, 0.717) is 33.1 Å². The highest BCUT2D eigenvalue weighted by atomic mass is 35.5. The zero-order valence-corrected chi connectivity index (χ0v) is 16.2. The molecule has 6 nitrogen and oxygen atoms in total. The number of hydrogen-bond donors (Lipinski definition) is 0. The first-order chi connectivity index (χ1) is 13.0. The number of amides is 1. The number of carbonyl (C=O) groups is 1. The smallest absolute Gasteiger partial charge is 0.263 e. The Morgan fingerprint density at radius 1 is 1.15 bits per heavy atom. The van der Waals surface area contributed by atoms with Crippen LogP contribution in [0.2, 0.25) is 10.0 Å². The minimum absolute atomic E-state index is 0.145. The van der Waals surface area contributed by atoms with E-state index in [4.69, 9.17) is 32.5 Å². The van der Waals surface area contributed by atoms with Crippen molar-refractivity contribution in [1.29, 1.82) is 0 Å². The van der Waals surface area contributed by atoms with Crippen molar-refractivity contribution in [3.05, 3.63) is 64.5 Å². The number of hydrogen-bond acceptors (Lipinski definition) is 5. The molecule has 1 amide bonds. The second-order valence-corrected chi connectivity index (χ2v) is 6.69. The summed E-state index contributed by atoms with van der Waals surface area (Å²) in [7, 11) is 1.63. The summed E-state index contributed by atoms with van der Waals surface area (Å²) < 4.78 is 10.9. The Balaban J connectivity index is 1.65. The van der Waals surface area contributed by atoms with E-state index < -0.39 is 6.10 Å². The molecule has 1 atom stereocenters. The summed E-state index contributed by atoms with van der Waals surface area (Å²) in [5.41, 5.74) is 0.665. The molecule has 1 heterocycles. The van der Waals surface area contributed by atoms with Gasteiger partial charge in [-0.1, -0.05) is 52.6 Å². The molecule has 2 aromatic carbocycles. The SMILES string of the molecule is CC(Oc1ccccc1Cl)C(=O)N(C)Cc1nc(-c2ccccc2Cl)no1. The van der Waals surface area contributed by atoms with Gasteiger partial charge in [0.15, 0.2) is 6.10 Å². The van der Waals surface area contributed by atoms with Crippen LogP contribution in [0.3, 0.4) is 0 Å². The first-order valence-corrected chi connectivity index (χ1v) is 8.95. The molecule has 0 spiro atoms. The van der Waals surface area contributed by atoms with Crippen LogP contribution >= 0.6 is 23.2 Å². The molecule has 27 heavy (non-hydrogen) atoms. The summed E-state index contributed by atoms with van der Waals surface area (Å²) in [5, 5.41) is 4.90. The predicted octanol–water partition coefficient (Wildman–Crippen LogP) is 4.47. The molecule has 0 N–H and O–H groups in total. The summed E-state index contributed by atoms with van der Waals surface area (Å²) in [6, 6.07) is 14.2. The lowest BCUT2D eigenvalue weighted by Crippen LogP contribution is -2.37. The minimum Gasteiger partial charge on any atom is -0.479 e. The summed E-state index contributed by atoms with van der Waals surface area (Å²) in [6.45, 7) is 1.80. The Bertz CT molecular complexity index is 945. The summed E-state index contributed by atoms with van der Waals surface area (Å²) in [4.78, 5) is 18.3. The average Bonchev–Trinajstić information content (AvgIpc) is 3.11. The van der Waals surface area contributed by atoms with Crippen LogP contribution in [-0.2, 0) is 11.3 Å². The van der Waals surface area contributed by atoms with Gasteiger partial charge >= 0.3 is 0 Å². The molecule has 0 aliphatic carbocycles. The summed E-state index contributed by atoms with van der Waals surface area (Å²) in [5.74, 6) is 0.877. The van der Waals surface area contributed by atoms with Gasteiger partial charge in [-0.2, -0.15) is 4.98 Å². The Labute approximate surface area is 166 Å². The van der Waals surface area contributed by atoms with Crippen LogP contribution in [0.5, 0.6) is 5.75 Å². The highest BCUT2D eigenvalue weighted by molar-refractivity contribution is 6.33. The van der Waals surface area contributed by atoms with Crippen LogP contribution in [0, 0.1) is 0 Å². The van der Waals surface area contributed by atoms with Gasteiger partial charge in [-0.05, 0) is 31.2 Å². The fraction of sp³-hybridized carbons (Fsp3) is 0.211. The largest absolute Gasteiger partial charge is 0.479 e. The maximum absolute atomic E-state index is 12.5. The number of nitrogens with zero attached hydrogens (tertiary/aromatic N) is 3. The van der Waals surface area contributed by atoms with Gasteiger partial charge in [-0.3, -0.25) is 4.79 Å². The lowest BCUT2D eigenvalue weighted by atomic mass is 10.2. The van der Waals surface area contributed by atoms with Gasteiger partial charge in [0.1, 0.15) is 5.75 Å². The molecule has 0 aliphatic heterocycles. The molecule has 8 heteroatoms. The Hall–Kier alpha value is -2.57. The monoisotopic (exact) mass is 405 g/mol. The molecule has 1 aromatic heterocycles. The first-order valence-electron chi connectivity index (χ1n) is 8.19. The number of carbonyl (C=O) groups excluding carboxylic acids is 1. The zero-order valence-electron chi connectivity index (χ0n) is 14.7. The molecule has 140 valence electrons. The van der Waals surface area contributed by atoms with Crippen molar-refractivity contribution in [1.82, 2.24) is 15.0 Å². The molecule has 3 aromatic rings. The topological polar surface area (TPSA) is 68.5 Å². The number of benzene rings is 2. The van der Waals surface area contributed by atoms with E-state index in [1.54, 1.807) is 50.4 Å². The number of rotatable bonds is 6. The van der Waals surface area contributed by atoms with Crippen molar-refractivity contribution in [3.63, 3.8) is 0 Å². The molecule has 3 rings (SSSR count). The van der Waals surface area contributed by atoms with E-state index in [2.05, 4.69) is 10.1 Å².